The molecular weight excluding hydrogens is 208 g/mol. The second-order valence-electron chi connectivity index (χ2n) is 2.73. The fourth-order valence-corrected chi connectivity index (χ4v) is 1.45. The number of nitrogens with one attached hydrogen (secondary N) is 2. The van der Waals surface area contributed by atoms with Crippen LogP contribution in [0.25, 0.3) is 11.2 Å². The van der Waals surface area contributed by atoms with Gasteiger partial charge in [0.05, 0.1) is 0 Å². The number of nitrogens with zero attached hydrogens (tertiary/aromatic N) is 2. The van der Waals surface area contributed by atoms with E-state index in [0.717, 1.165) is 4.57 Å². The van der Waals surface area contributed by atoms with Crippen LogP contribution in [0.1, 0.15) is 6.92 Å². The topological polar surface area (TPSA) is 83.5 Å². The molecule has 0 radical (unpaired) electrons. The first-order valence-electron chi connectivity index (χ1n) is 4.01. The molecule has 2 aromatic heterocycles. The first-order valence-corrected chi connectivity index (χ1v) is 4.39. The Hall–Kier alpha value is -1.56. The van der Waals surface area contributed by atoms with Crippen molar-refractivity contribution in [2.24, 2.45) is 0 Å². The zero-order chi connectivity index (χ0) is 10.3. The predicted octanol–water partition coefficient (Wildman–Crippen LogP) is 0.0862. The van der Waals surface area contributed by atoms with Crippen LogP contribution in [0.5, 0.6) is 0 Å². The van der Waals surface area contributed by atoms with Gasteiger partial charge in [-0.15, -0.1) is 0 Å². The van der Waals surface area contributed by atoms with Gasteiger partial charge >= 0.3 is 5.69 Å². The summed E-state index contributed by atoms with van der Waals surface area (Å²) in [6, 6.07) is 0. The number of aromatic amines is 2. The Labute approximate surface area is 82.5 Å². The molecule has 0 saturated carbocycles. The highest BCUT2D eigenvalue weighted by Crippen LogP contribution is 2.05. The number of hydrogen-bond acceptors (Lipinski definition) is 3. The average Bonchev–Trinajstić information content (AvgIpc) is 2.47. The minimum Gasteiger partial charge on any atom is -0.323 e. The summed E-state index contributed by atoms with van der Waals surface area (Å²) in [5.41, 5.74) is -0.482. The molecule has 0 spiro atoms. The molecule has 6 nitrogen and oxygen atoms in total. The van der Waals surface area contributed by atoms with Crippen LogP contribution >= 0.6 is 11.6 Å². The molecule has 0 bridgehead atoms. The van der Waals surface area contributed by atoms with Gasteiger partial charge in [-0.1, -0.05) is 0 Å². The molecule has 0 atom stereocenters. The summed E-state index contributed by atoms with van der Waals surface area (Å²) in [6.07, 6.45) is 0. The zero-order valence-electron chi connectivity index (χ0n) is 7.30. The molecule has 0 aliphatic carbocycles. The largest absolute Gasteiger partial charge is 0.330 e. The van der Waals surface area contributed by atoms with Gasteiger partial charge in [0.1, 0.15) is 0 Å². The van der Waals surface area contributed by atoms with E-state index in [4.69, 9.17) is 11.6 Å². The number of fused-ring (bicyclic) bond motifs is 1. The van der Waals surface area contributed by atoms with E-state index < -0.39 is 11.2 Å². The second-order valence-corrected chi connectivity index (χ2v) is 3.09. The maximum Gasteiger partial charge on any atom is 0.330 e. The first-order chi connectivity index (χ1) is 6.63. The van der Waals surface area contributed by atoms with Gasteiger partial charge in [0.2, 0.25) is 5.28 Å². The molecule has 2 rings (SSSR count). The molecule has 7 heteroatoms. The highest BCUT2D eigenvalue weighted by molar-refractivity contribution is 6.28. The van der Waals surface area contributed by atoms with E-state index in [2.05, 4.69) is 15.0 Å². The van der Waals surface area contributed by atoms with Gasteiger partial charge in [-0.05, 0) is 18.5 Å². The van der Waals surface area contributed by atoms with E-state index in [9.17, 15) is 9.59 Å². The van der Waals surface area contributed by atoms with Crippen LogP contribution in [0.4, 0.5) is 0 Å². The Morgan fingerprint density at radius 3 is 2.79 bits per heavy atom. The lowest BCUT2D eigenvalue weighted by atomic mass is 10.5. The van der Waals surface area contributed by atoms with Gasteiger partial charge in [-0.2, -0.15) is 4.98 Å². The van der Waals surface area contributed by atoms with E-state index in [1.165, 1.54) is 0 Å². The van der Waals surface area contributed by atoms with Crippen molar-refractivity contribution < 1.29 is 0 Å². The Morgan fingerprint density at radius 2 is 2.14 bits per heavy atom. The fourth-order valence-electron chi connectivity index (χ4n) is 1.27. The van der Waals surface area contributed by atoms with Crippen molar-refractivity contribution in [1.82, 2.24) is 19.5 Å². The number of hydrogen-bond donors (Lipinski definition) is 2. The summed E-state index contributed by atoms with van der Waals surface area (Å²) in [7, 11) is 0. The third kappa shape index (κ3) is 1.15. The second kappa shape index (κ2) is 2.98. The molecule has 0 saturated heterocycles. The predicted molar refractivity (Wildman–Crippen MR) is 51.7 cm³/mol. The smallest absolute Gasteiger partial charge is 0.323 e. The molecule has 0 fully saturated rings. The van der Waals surface area contributed by atoms with Crippen molar-refractivity contribution in [3.8, 4) is 0 Å². The van der Waals surface area contributed by atoms with Crippen LogP contribution in [0.3, 0.4) is 0 Å². The van der Waals surface area contributed by atoms with Gasteiger partial charge in [0, 0.05) is 6.54 Å². The molecular formula is C7H7ClN4O2. The third-order valence-electron chi connectivity index (χ3n) is 1.92. The molecule has 0 amide bonds. The van der Waals surface area contributed by atoms with E-state index in [1.54, 1.807) is 6.92 Å². The zero-order valence-corrected chi connectivity index (χ0v) is 8.05. The standard InChI is InChI=1S/C7H7ClN4O2/c1-2-12-5(13)3-4(11-7(12)14)10-6(8)9-3/h2H2,1H3,(H,9,10)(H,11,14). The number of H-pyrrole nitrogens is 2. The van der Waals surface area contributed by atoms with Crippen LogP contribution in [-0.2, 0) is 6.54 Å². The van der Waals surface area contributed by atoms with Gasteiger partial charge in [-0.25, -0.2) is 4.79 Å². The number of rotatable bonds is 1. The van der Waals surface area contributed by atoms with Gasteiger partial charge in [0.15, 0.2) is 11.2 Å². The fraction of sp³-hybridized carbons (Fsp3) is 0.286. The molecule has 0 aliphatic rings. The number of aromatic nitrogens is 4. The number of halogens is 1. The highest BCUT2D eigenvalue weighted by atomic mass is 35.5. The van der Waals surface area contributed by atoms with Crippen LogP contribution in [0.2, 0.25) is 5.28 Å². The lowest BCUT2D eigenvalue weighted by molar-refractivity contribution is 0.682. The Balaban J connectivity index is 3.00. The molecule has 2 aromatic rings. The SMILES string of the molecule is CCn1c(=O)[nH]c2nc(Cl)[nH]c2c1=O. The molecule has 0 aromatic carbocycles. The highest BCUT2D eigenvalue weighted by Gasteiger charge is 2.09. The van der Waals surface area contributed by atoms with E-state index in [1.807, 2.05) is 0 Å². The maximum absolute atomic E-state index is 11.6. The van der Waals surface area contributed by atoms with Crippen LogP contribution in [0.15, 0.2) is 9.59 Å². The van der Waals surface area contributed by atoms with Crippen molar-refractivity contribution in [3.63, 3.8) is 0 Å². The lowest BCUT2D eigenvalue weighted by Crippen LogP contribution is -2.34. The Kier molecular flexibility index (Phi) is 1.92. The first kappa shape index (κ1) is 9.01. The lowest BCUT2D eigenvalue weighted by Gasteiger charge is -1.97. The van der Waals surface area contributed by atoms with Gasteiger partial charge in [0.25, 0.3) is 5.56 Å². The van der Waals surface area contributed by atoms with Crippen LogP contribution in [-0.4, -0.2) is 19.5 Å². The van der Waals surface area contributed by atoms with E-state index in [-0.39, 0.29) is 16.4 Å². The Bertz CT molecular complexity index is 594. The normalized spacial score (nSPS) is 11.0. The summed E-state index contributed by atoms with van der Waals surface area (Å²) in [5.74, 6) is 0. The summed E-state index contributed by atoms with van der Waals surface area (Å²) in [4.78, 5) is 31.7. The summed E-state index contributed by atoms with van der Waals surface area (Å²) < 4.78 is 1.07. The van der Waals surface area contributed by atoms with Gasteiger partial charge in [-0.3, -0.25) is 14.3 Å². The average molecular weight is 215 g/mol. The third-order valence-corrected chi connectivity index (χ3v) is 2.10. The molecule has 2 heterocycles. The summed E-state index contributed by atoms with van der Waals surface area (Å²) in [6.45, 7) is 2.02. The van der Waals surface area contributed by atoms with Crippen molar-refractivity contribution in [3.05, 3.63) is 26.1 Å². The van der Waals surface area contributed by atoms with Crippen molar-refractivity contribution in [2.75, 3.05) is 0 Å². The molecule has 0 unspecified atom stereocenters. The molecule has 14 heavy (non-hydrogen) atoms. The molecule has 2 N–H and O–H groups in total. The molecule has 0 aliphatic heterocycles. The van der Waals surface area contributed by atoms with Crippen molar-refractivity contribution >= 4 is 22.8 Å². The van der Waals surface area contributed by atoms with Crippen molar-refractivity contribution in [1.29, 1.82) is 0 Å². The minimum atomic E-state index is -0.479. The maximum atomic E-state index is 11.6. The van der Waals surface area contributed by atoms with E-state index in [0.29, 0.717) is 6.54 Å². The molecule has 74 valence electrons. The summed E-state index contributed by atoms with van der Waals surface area (Å²) in [5, 5.41) is 0.0848. The monoisotopic (exact) mass is 214 g/mol. The number of imidazole rings is 1. The van der Waals surface area contributed by atoms with Crippen LogP contribution in [0, 0.1) is 0 Å². The van der Waals surface area contributed by atoms with Crippen molar-refractivity contribution in [2.45, 2.75) is 13.5 Å². The Morgan fingerprint density at radius 1 is 1.43 bits per heavy atom. The van der Waals surface area contributed by atoms with E-state index >= 15 is 0 Å². The van der Waals surface area contributed by atoms with Crippen LogP contribution < -0.4 is 11.2 Å². The summed E-state index contributed by atoms with van der Waals surface area (Å²) >= 11 is 5.57. The van der Waals surface area contributed by atoms with Gasteiger partial charge < -0.3 is 4.98 Å². The quantitative estimate of drug-likeness (QED) is 0.660. The minimum absolute atomic E-state index is 0.0848.